The average molecular weight is 171 g/mol. The molecule has 1 heterocycles. The molecular weight excluding hydrogens is 162 g/mol. The number of rotatable bonds is 1. The monoisotopic (exact) mass is 171 g/mol. The van der Waals surface area contributed by atoms with Gasteiger partial charge in [0.05, 0.1) is 4.88 Å². The molecule has 1 rings (SSSR count). The van der Waals surface area contributed by atoms with Gasteiger partial charge in [-0.15, -0.1) is 11.3 Å². The first-order chi connectivity index (χ1) is 5.11. The first-order valence-electron chi connectivity index (χ1n) is 3.10. The highest BCUT2D eigenvalue weighted by Gasteiger charge is 2.09. The fraction of sp³-hybridized carbons (Fsp3) is 0.286. The molecule has 60 valence electrons. The minimum Gasteiger partial charge on any atom is -0.507 e. The molecule has 11 heavy (non-hydrogen) atoms. The van der Waals surface area contributed by atoms with E-state index in [0.717, 1.165) is 0 Å². The molecule has 0 aliphatic carbocycles. The first-order valence-corrected chi connectivity index (χ1v) is 3.98. The minimum absolute atomic E-state index is 0.0738. The van der Waals surface area contributed by atoms with Crippen LogP contribution >= 0.6 is 11.3 Å². The summed E-state index contributed by atoms with van der Waals surface area (Å²) in [6.45, 7) is 0. The normalized spacial score (nSPS) is 9.64. The molecule has 1 amide bonds. The minimum atomic E-state index is -0.0738. The fourth-order valence-corrected chi connectivity index (χ4v) is 1.45. The third kappa shape index (κ3) is 1.71. The van der Waals surface area contributed by atoms with Crippen molar-refractivity contribution in [1.29, 1.82) is 0 Å². The van der Waals surface area contributed by atoms with Crippen LogP contribution < -0.4 is 0 Å². The number of carbonyl (C=O) groups excluding carboxylic acids is 1. The highest BCUT2D eigenvalue weighted by atomic mass is 32.1. The summed E-state index contributed by atoms with van der Waals surface area (Å²) in [5, 5.41) is 10.5. The van der Waals surface area contributed by atoms with Gasteiger partial charge in [0.2, 0.25) is 0 Å². The van der Waals surface area contributed by atoms with E-state index in [4.69, 9.17) is 5.11 Å². The molecule has 0 aliphatic rings. The van der Waals surface area contributed by atoms with Crippen molar-refractivity contribution in [3.63, 3.8) is 0 Å². The zero-order valence-corrected chi connectivity index (χ0v) is 7.18. The van der Waals surface area contributed by atoms with E-state index in [1.165, 1.54) is 27.7 Å². The summed E-state index contributed by atoms with van der Waals surface area (Å²) in [6, 6.07) is 1.47. The van der Waals surface area contributed by atoms with E-state index >= 15 is 0 Å². The van der Waals surface area contributed by atoms with Crippen LogP contribution in [0.3, 0.4) is 0 Å². The SMILES string of the molecule is CN(C)C(=O)c1cc(O)cs1. The summed E-state index contributed by atoms with van der Waals surface area (Å²) in [7, 11) is 3.36. The zero-order valence-electron chi connectivity index (χ0n) is 6.37. The molecule has 4 heteroatoms. The molecular formula is C7H9NO2S. The summed E-state index contributed by atoms with van der Waals surface area (Å²) < 4.78 is 0. The van der Waals surface area contributed by atoms with Gasteiger partial charge in [-0.05, 0) is 0 Å². The Morgan fingerprint density at radius 1 is 1.64 bits per heavy atom. The van der Waals surface area contributed by atoms with E-state index in [-0.39, 0.29) is 11.7 Å². The van der Waals surface area contributed by atoms with Gasteiger partial charge in [-0.1, -0.05) is 0 Å². The standard InChI is InChI=1S/C7H9NO2S/c1-8(2)7(10)6-3-5(9)4-11-6/h3-4,9H,1-2H3. The maximum atomic E-state index is 11.2. The quantitative estimate of drug-likeness (QED) is 0.688. The predicted octanol–water partition coefficient (Wildman–Crippen LogP) is 1.16. The van der Waals surface area contributed by atoms with Crippen molar-refractivity contribution in [1.82, 2.24) is 4.90 Å². The van der Waals surface area contributed by atoms with Crippen LogP contribution in [0, 0.1) is 0 Å². The molecule has 0 saturated heterocycles. The molecule has 0 radical (unpaired) electrons. The number of carbonyl (C=O) groups is 1. The predicted molar refractivity (Wildman–Crippen MR) is 44.0 cm³/mol. The Balaban J connectivity index is 2.85. The van der Waals surface area contributed by atoms with Crippen molar-refractivity contribution in [2.24, 2.45) is 0 Å². The van der Waals surface area contributed by atoms with Gasteiger partial charge in [-0.25, -0.2) is 0 Å². The smallest absolute Gasteiger partial charge is 0.263 e. The molecule has 0 unspecified atom stereocenters. The van der Waals surface area contributed by atoms with Crippen LogP contribution in [0.1, 0.15) is 9.67 Å². The van der Waals surface area contributed by atoms with Gasteiger partial charge in [-0.3, -0.25) is 4.79 Å². The average Bonchev–Trinajstić information content (AvgIpc) is 2.34. The summed E-state index contributed by atoms with van der Waals surface area (Å²) in [5.74, 6) is 0.0792. The number of amides is 1. The number of aromatic hydroxyl groups is 1. The number of hydrogen-bond acceptors (Lipinski definition) is 3. The third-order valence-corrected chi connectivity index (χ3v) is 2.11. The topological polar surface area (TPSA) is 40.5 Å². The fourth-order valence-electron chi connectivity index (χ4n) is 0.659. The van der Waals surface area contributed by atoms with Crippen LogP contribution in [0.2, 0.25) is 0 Å². The van der Waals surface area contributed by atoms with Crippen molar-refractivity contribution < 1.29 is 9.90 Å². The summed E-state index contributed by atoms with van der Waals surface area (Å²) in [6.07, 6.45) is 0. The highest BCUT2D eigenvalue weighted by molar-refractivity contribution is 7.12. The van der Waals surface area contributed by atoms with Crippen molar-refractivity contribution in [3.05, 3.63) is 16.3 Å². The van der Waals surface area contributed by atoms with E-state index in [1.807, 2.05) is 0 Å². The Morgan fingerprint density at radius 2 is 2.27 bits per heavy atom. The van der Waals surface area contributed by atoms with Gasteiger partial charge in [0.25, 0.3) is 5.91 Å². The molecule has 1 aromatic rings. The number of nitrogens with zero attached hydrogens (tertiary/aromatic N) is 1. The number of hydrogen-bond donors (Lipinski definition) is 1. The van der Waals surface area contributed by atoms with Crippen molar-refractivity contribution >= 4 is 17.2 Å². The molecule has 0 atom stereocenters. The van der Waals surface area contributed by atoms with Crippen LogP contribution in [0.15, 0.2) is 11.4 Å². The Morgan fingerprint density at radius 3 is 2.64 bits per heavy atom. The molecule has 0 saturated carbocycles. The lowest BCUT2D eigenvalue weighted by Crippen LogP contribution is -2.20. The summed E-state index contributed by atoms with van der Waals surface area (Å²) in [4.78, 5) is 13.2. The summed E-state index contributed by atoms with van der Waals surface area (Å²) >= 11 is 1.24. The maximum Gasteiger partial charge on any atom is 0.263 e. The van der Waals surface area contributed by atoms with Crippen molar-refractivity contribution in [3.8, 4) is 5.75 Å². The highest BCUT2D eigenvalue weighted by Crippen LogP contribution is 2.20. The van der Waals surface area contributed by atoms with Crippen LogP contribution in [0.25, 0.3) is 0 Å². The maximum absolute atomic E-state index is 11.2. The largest absolute Gasteiger partial charge is 0.507 e. The van der Waals surface area contributed by atoms with E-state index < -0.39 is 0 Å². The van der Waals surface area contributed by atoms with Gasteiger partial charge < -0.3 is 10.0 Å². The van der Waals surface area contributed by atoms with Crippen LogP contribution in [0.5, 0.6) is 5.75 Å². The Kier molecular flexibility index (Phi) is 2.14. The molecule has 0 aliphatic heterocycles. The molecule has 0 bridgehead atoms. The molecule has 0 fully saturated rings. The Labute approximate surface area is 68.9 Å². The second kappa shape index (κ2) is 2.92. The van der Waals surface area contributed by atoms with Crippen molar-refractivity contribution in [2.45, 2.75) is 0 Å². The lowest BCUT2D eigenvalue weighted by Gasteiger charge is -2.06. The van der Waals surface area contributed by atoms with E-state index in [9.17, 15) is 4.79 Å². The molecule has 3 nitrogen and oxygen atoms in total. The lowest BCUT2D eigenvalue weighted by molar-refractivity contribution is 0.0832. The van der Waals surface area contributed by atoms with Gasteiger partial charge in [0, 0.05) is 25.5 Å². The van der Waals surface area contributed by atoms with E-state index in [1.54, 1.807) is 14.1 Å². The van der Waals surface area contributed by atoms with Gasteiger partial charge in [0.15, 0.2) is 0 Å². The summed E-state index contributed by atoms with van der Waals surface area (Å²) in [5.41, 5.74) is 0. The number of thiophene rings is 1. The van der Waals surface area contributed by atoms with Gasteiger partial charge in [-0.2, -0.15) is 0 Å². The van der Waals surface area contributed by atoms with E-state index in [2.05, 4.69) is 0 Å². The second-order valence-corrected chi connectivity index (χ2v) is 3.28. The zero-order chi connectivity index (χ0) is 8.43. The van der Waals surface area contributed by atoms with E-state index in [0.29, 0.717) is 4.88 Å². The molecule has 1 aromatic heterocycles. The molecule has 1 N–H and O–H groups in total. The molecule has 0 spiro atoms. The molecule has 0 aromatic carbocycles. The second-order valence-electron chi connectivity index (χ2n) is 2.37. The van der Waals surface area contributed by atoms with Gasteiger partial charge >= 0.3 is 0 Å². The lowest BCUT2D eigenvalue weighted by atomic mass is 10.4. The van der Waals surface area contributed by atoms with Gasteiger partial charge in [0.1, 0.15) is 5.75 Å². The van der Waals surface area contributed by atoms with Crippen molar-refractivity contribution in [2.75, 3.05) is 14.1 Å². The third-order valence-electron chi connectivity index (χ3n) is 1.20. The Hall–Kier alpha value is -1.03. The Bertz CT molecular complexity index is 267. The van der Waals surface area contributed by atoms with Crippen LogP contribution in [0.4, 0.5) is 0 Å². The first kappa shape index (κ1) is 8.07. The van der Waals surface area contributed by atoms with Crippen LogP contribution in [-0.4, -0.2) is 30.0 Å². The van der Waals surface area contributed by atoms with Crippen LogP contribution in [-0.2, 0) is 0 Å².